The summed E-state index contributed by atoms with van der Waals surface area (Å²) in [5, 5.41) is 3.13. The minimum Gasteiger partial charge on any atom is -0.354 e. The lowest BCUT2D eigenvalue weighted by Crippen LogP contribution is -2.02. The molecule has 0 unspecified atom stereocenters. The summed E-state index contributed by atoms with van der Waals surface area (Å²) in [5.41, 5.74) is 4.64. The van der Waals surface area contributed by atoms with Gasteiger partial charge in [0.2, 0.25) is 5.95 Å². The van der Waals surface area contributed by atoms with Crippen LogP contribution in [-0.4, -0.2) is 16.5 Å². The van der Waals surface area contributed by atoms with Gasteiger partial charge in [-0.1, -0.05) is 23.8 Å². The largest absolute Gasteiger partial charge is 0.354 e. The molecule has 2 aromatic rings. The topological polar surface area (TPSA) is 37.8 Å². The van der Waals surface area contributed by atoms with Gasteiger partial charge in [0.1, 0.15) is 0 Å². The molecule has 0 amide bonds. The average molecular weight is 227 g/mol. The quantitative estimate of drug-likeness (QED) is 0.875. The van der Waals surface area contributed by atoms with Gasteiger partial charge in [-0.05, 0) is 32.4 Å². The minimum absolute atomic E-state index is 0.685. The molecule has 0 radical (unpaired) electrons. The van der Waals surface area contributed by atoms with Crippen molar-refractivity contribution in [2.75, 3.05) is 11.9 Å². The molecule has 3 heteroatoms. The van der Waals surface area contributed by atoms with Gasteiger partial charge in [0.05, 0.1) is 5.69 Å². The Bertz CT molecular complexity index is 521. The summed E-state index contributed by atoms with van der Waals surface area (Å²) in [4.78, 5) is 8.68. The molecule has 0 bridgehead atoms. The second kappa shape index (κ2) is 4.95. The first-order valence-electron chi connectivity index (χ1n) is 5.85. The predicted octanol–water partition coefficient (Wildman–Crippen LogP) is 3.19. The van der Waals surface area contributed by atoms with Crippen LogP contribution in [0.5, 0.6) is 0 Å². The molecular weight excluding hydrogens is 210 g/mol. The van der Waals surface area contributed by atoms with Crippen molar-refractivity contribution in [1.29, 1.82) is 0 Å². The minimum atomic E-state index is 0.685. The van der Waals surface area contributed by atoms with Crippen LogP contribution in [0.4, 0.5) is 5.95 Å². The highest BCUT2D eigenvalue weighted by atomic mass is 15.1. The molecule has 0 atom stereocenters. The van der Waals surface area contributed by atoms with Crippen LogP contribution < -0.4 is 5.32 Å². The van der Waals surface area contributed by atoms with Gasteiger partial charge in [-0.15, -0.1) is 0 Å². The molecule has 0 aliphatic carbocycles. The number of nitrogens with zero attached hydrogens (tertiary/aromatic N) is 2. The Morgan fingerprint density at radius 2 is 2.00 bits per heavy atom. The average Bonchev–Trinajstić information content (AvgIpc) is 2.29. The summed E-state index contributed by atoms with van der Waals surface area (Å²) in [5.74, 6) is 0.685. The van der Waals surface area contributed by atoms with E-state index in [1.54, 1.807) is 6.20 Å². The molecule has 0 saturated heterocycles. The van der Waals surface area contributed by atoms with Crippen LogP contribution in [0.1, 0.15) is 18.1 Å². The predicted molar refractivity (Wildman–Crippen MR) is 71.1 cm³/mol. The molecule has 0 fully saturated rings. The van der Waals surface area contributed by atoms with Gasteiger partial charge in [0.25, 0.3) is 0 Å². The molecule has 88 valence electrons. The third-order valence-electron chi connectivity index (χ3n) is 2.65. The standard InChI is InChI=1S/C14H17N3/c1-4-15-14-16-8-7-13(17-14)12-6-5-10(2)9-11(12)3/h5-9H,4H2,1-3H3,(H,15,16,17). The Morgan fingerprint density at radius 3 is 2.71 bits per heavy atom. The van der Waals surface area contributed by atoms with Crippen molar-refractivity contribution in [3.63, 3.8) is 0 Å². The second-order valence-electron chi connectivity index (χ2n) is 4.11. The zero-order valence-corrected chi connectivity index (χ0v) is 10.5. The Balaban J connectivity index is 2.42. The van der Waals surface area contributed by atoms with Crippen LogP contribution in [0, 0.1) is 13.8 Å². The molecule has 0 saturated carbocycles. The molecule has 17 heavy (non-hydrogen) atoms. The molecule has 0 aliphatic rings. The van der Waals surface area contributed by atoms with Gasteiger partial charge in [-0.2, -0.15) is 0 Å². The SMILES string of the molecule is CCNc1nccc(-c2ccc(C)cc2C)n1. The molecule has 0 spiro atoms. The summed E-state index contributed by atoms with van der Waals surface area (Å²) < 4.78 is 0. The summed E-state index contributed by atoms with van der Waals surface area (Å²) in [6.45, 7) is 7.07. The van der Waals surface area contributed by atoms with E-state index in [4.69, 9.17) is 0 Å². The lowest BCUT2D eigenvalue weighted by atomic mass is 10.0. The fourth-order valence-electron chi connectivity index (χ4n) is 1.85. The van der Waals surface area contributed by atoms with E-state index in [1.807, 2.05) is 13.0 Å². The monoisotopic (exact) mass is 227 g/mol. The number of rotatable bonds is 3. The van der Waals surface area contributed by atoms with Crippen molar-refractivity contribution >= 4 is 5.95 Å². The Labute approximate surface area is 102 Å². The van der Waals surface area contributed by atoms with Crippen molar-refractivity contribution in [2.45, 2.75) is 20.8 Å². The van der Waals surface area contributed by atoms with Crippen molar-refractivity contribution in [3.05, 3.63) is 41.6 Å². The van der Waals surface area contributed by atoms with Gasteiger partial charge in [0, 0.05) is 18.3 Å². The van der Waals surface area contributed by atoms with E-state index >= 15 is 0 Å². The zero-order valence-electron chi connectivity index (χ0n) is 10.5. The van der Waals surface area contributed by atoms with Gasteiger partial charge in [0.15, 0.2) is 0 Å². The molecule has 1 aromatic heterocycles. The number of hydrogen-bond donors (Lipinski definition) is 1. The van der Waals surface area contributed by atoms with E-state index in [1.165, 1.54) is 11.1 Å². The Kier molecular flexibility index (Phi) is 3.38. The van der Waals surface area contributed by atoms with Crippen LogP contribution in [0.25, 0.3) is 11.3 Å². The van der Waals surface area contributed by atoms with Crippen LogP contribution in [0.2, 0.25) is 0 Å². The van der Waals surface area contributed by atoms with E-state index in [2.05, 4.69) is 47.3 Å². The summed E-state index contributed by atoms with van der Waals surface area (Å²) >= 11 is 0. The van der Waals surface area contributed by atoms with Gasteiger partial charge in [-0.25, -0.2) is 9.97 Å². The van der Waals surface area contributed by atoms with Crippen LogP contribution >= 0.6 is 0 Å². The molecular formula is C14H17N3. The molecule has 1 N–H and O–H groups in total. The summed E-state index contributed by atoms with van der Waals surface area (Å²) in [6.07, 6.45) is 1.79. The van der Waals surface area contributed by atoms with Gasteiger partial charge < -0.3 is 5.32 Å². The van der Waals surface area contributed by atoms with E-state index < -0.39 is 0 Å². The van der Waals surface area contributed by atoms with E-state index in [0.717, 1.165) is 17.8 Å². The maximum atomic E-state index is 4.50. The number of benzene rings is 1. The Hall–Kier alpha value is -1.90. The first kappa shape index (κ1) is 11.6. The molecule has 3 nitrogen and oxygen atoms in total. The van der Waals surface area contributed by atoms with Crippen LogP contribution in [0.3, 0.4) is 0 Å². The third-order valence-corrected chi connectivity index (χ3v) is 2.65. The fraction of sp³-hybridized carbons (Fsp3) is 0.286. The maximum absolute atomic E-state index is 4.50. The normalized spacial score (nSPS) is 10.3. The summed E-state index contributed by atoms with van der Waals surface area (Å²) in [6, 6.07) is 8.34. The molecule has 1 aromatic carbocycles. The van der Waals surface area contributed by atoms with E-state index in [-0.39, 0.29) is 0 Å². The van der Waals surface area contributed by atoms with E-state index in [0.29, 0.717) is 5.95 Å². The molecule has 0 aliphatic heterocycles. The van der Waals surface area contributed by atoms with E-state index in [9.17, 15) is 0 Å². The lowest BCUT2D eigenvalue weighted by Gasteiger charge is -2.08. The zero-order chi connectivity index (χ0) is 12.3. The maximum Gasteiger partial charge on any atom is 0.223 e. The summed E-state index contributed by atoms with van der Waals surface area (Å²) in [7, 11) is 0. The number of nitrogens with one attached hydrogen (secondary N) is 1. The Morgan fingerprint density at radius 1 is 1.18 bits per heavy atom. The van der Waals surface area contributed by atoms with Crippen molar-refractivity contribution in [3.8, 4) is 11.3 Å². The molecule has 2 rings (SSSR count). The number of aryl methyl sites for hydroxylation is 2. The smallest absolute Gasteiger partial charge is 0.223 e. The number of aromatic nitrogens is 2. The highest BCUT2D eigenvalue weighted by molar-refractivity contribution is 5.64. The first-order chi connectivity index (χ1) is 8.20. The first-order valence-corrected chi connectivity index (χ1v) is 5.85. The highest BCUT2D eigenvalue weighted by Gasteiger charge is 2.04. The third kappa shape index (κ3) is 2.61. The van der Waals surface area contributed by atoms with Crippen molar-refractivity contribution in [1.82, 2.24) is 9.97 Å². The van der Waals surface area contributed by atoms with Crippen LogP contribution in [-0.2, 0) is 0 Å². The van der Waals surface area contributed by atoms with Gasteiger partial charge in [-0.3, -0.25) is 0 Å². The second-order valence-corrected chi connectivity index (χ2v) is 4.11. The number of anilines is 1. The lowest BCUT2D eigenvalue weighted by molar-refractivity contribution is 1.09. The molecule has 1 heterocycles. The van der Waals surface area contributed by atoms with Gasteiger partial charge >= 0.3 is 0 Å². The van der Waals surface area contributed by atoms with Crippen molar-refractivity contribution in [2.24, 2.45) is 0 Å². The van der Waals surface area contributed by atoms with Crippen LogP contribution in [0.15, 0.2) is 30.5 Å². The number of hydrogen-bond acceptors (Lipinski definition) is 3. The van der Waals surface area contributed by atoms with Crippen molar-refractivity contribution < 1.29 is 0 Å². The fourth-order valence-corrected chi connectivity index (χ4v) is 1.85. The highest BCUT2D eigenvalue weighted by Crippen LogP contribution is 2.22.